The first-order valence-corrected chi connectivity index (χ1v) is 10.5. The molecule has 0 radical (unpaired) electrons. The lowest BCUT2D eigenvalue weighted by Gasteiger charge is -2.16. The fraction of sp³-hybridized carbons (Fsp3) is 0.348. The number of rotatable bonds is 6. The van der Waals surface area contributed by atoms with Gasteiger partial charge in [-0.1, -0.05) is 43.9 Å². The molecule has 0 spiro atoms. The lowest BCUT2D eigenvalue weighted by molar-refractivity contribution is -0.137. The summed E-state index contributed by atoms with van der Waals surface area (Å²) >= 11 is 1.34. The number of unbranched alkanes of at least 4 members (excludes halogenated alkanes) is 1. The molecular formula is C23H23F3N2S. The highest BCUT2D eigenvalue weighted by atomic mass is 32.1. The number of fused-ring (bicyclic) bond motifs is 1. The summed E-state index contributed by atoms with van der Waals surface area (Å²) < 4.78 is 43.7. The topological polar surface area (TPSA) is 16.1 Å². The zero-order valence-electron chi connectivity index (χ0n) is 16.5. The van der Waals surface area contributed by atoms with Gasteiger partial charge in [-0.2, -0.15) is 17.5 Å². The van der Waals surface area contributed by atoms with Crippen LogP contribution in [0, 0.1) is 11.8 Å². The summed E-state index contributed by atoms with van der Waals surface area (Å²) in [6.07, 6.45) is -2.43. The summed E-state index contributed by atoms with van der Waals surface area (Å²) in [5, 5.41) is 0.932. The average molecular weight is 417 g/mol. The van der Waals surface area contributed by atoms with E-state index < -0.39 is 11.7 Å². The van der Waals surface area contributed by atoms with E-state index in [0.29, 0.717) is 11.3 Å². The lowest BCUT2D eigenvalue weighted by Crippen LogP contribution is -2.23. The van der Waals surface area contributed by atoms with Crippen LogP contribution in [0.4, 0.5) is 13.2 Å². The van der Waals surface area contributed by atoms with Crippen molar-refractivity contribution >= 4 is 21.6 Å². The highest BCUT2D eigenvalue weighted by molar-refractivity contribution is 7.13. The molecule has 0 N–H and O–H groups in total. The van der Waals surface area contributed by atoms with E-state index in [1.165, 1.54) is 23.7 Å². The largest absolute Gasteiger partial charge is 0.416 e. The number of hydrogen-bond acceptors (Lipinski definition) is 3. The van der Waals surface area contributed by atoms with Crippen molar-refractivity contribution in [2.45, 2.75) is 32.9 Å². The number of nitrogens with zero attached hydrogens (tertiary/aromatic N) is 2. The SMILES string of the molecule is CCN(CC)CCCC#Cc1ccc2c(-c3ccc(C(F)(F)F)cc3)nsc2c1. The lowest BCUT2D eigenvalue weighted by atomic mass is 10.0. The molecule has 0 unspecified atom stereocenters. The molecule has 0 bridgehead atoms. The third-order valence-electron chi connectivity index (χ3n) is 4.86. The second-order valence-corrected chi connectivity index (χ2v) is 7.55. The van der Waals surface area contributed by atoms with E-state index in [1.54, 1.807) is 0 Å². The van der Waals surface area contributed by atoms with Crippen LogP contribution < -0.4 is 0 Å². The molecule has 1 aromatic heterocycles. The van der Waals surface area contributed by atoms with Gasteiger partial charge in [0, 0.05) is 22.9 Å². The van der Waals surface area contributed by atoms with E-state index in [9.17, 15) is 13.2 Å². The predicted molar refractivity (Wildman–Crippen MR) is 114 cm³/mol. The molecule has 2 nitrogen and oxygen atoms in total. The van der Waals surface area contributed by atoms with Crippen LogP contribution in [0.2, 0.25) is 0 Å². The second kappa shape index (κ2) is 9.43. The van der Waals surface area contributed by atoms with Gasteiger partial charge in [-0.05, 0) is 61.9 Å². The summed E-state index contributed by atoms with van der Waals surface area (Å²) in [5.41, 5.74) is 1.67. The molecule has 0 aliphatic rings. The van der Waals surface area contributed by atoms with Crippen molar-refractivity contribution in [3.05, 3.63) is 53.6 Å². The van der Waals surface area contributed by atoms with Crippen molar-refractivity contribution in [3.8, 4) is 23.1 Å². The maximum Gasteiger partial charge on any atom is 0.416 e. The zero-order chi connectivity index (χ0) is 20.9. The number of alkyl halides is 3. The Labute approximate surface area is 173 Å². The monoisotopic (exact) mass is 416 g/mol. The highest BCUT2D eigenvalue weighted by Gasteiger charge is 2.30. The fourth-order valence-corrected chi connectivity index (χ4v) is 3.97. The van der Waals surface area contributed by atoms with E-state index in [0.717, 1.165) is 60.3 Å². The Kier molecular flexibility index (Phi) is 6.94. The van der Waals surface area contributed by atoms with Gasteiger partial charge < -0.3 is 4.90 Å². The van der Waals surface area contributed by atoms with Gasteiger partial charge in [0.2, 0.25) is 0 Å². The molecule has 0 amide bonds. The maximum atomic E-state index is 12.8. The molecule has 0 aliphatic carbocycles. The molecule has 152 valence electrons. The Bertz CT molecular complexity index is 1010. The minimum absolute atomic E-state index is 0.653. The Morgan fingerprint density at radius 3 is 2.41 bits per heavy atom. The quantitative estimate of drug-likeness (QED) is 0.339. The summed E-state index contributed by atoms with van der Waals surface area (Å²) in [6, 6.07) is 11.0. The van der Waals surface area contributed by atoms with Gasteiger partial charge in [-0.3, -0.25) is 0 Å². The number of aromatic nitrogens is 1. The maximum absolute atomic E-state index is 12.8. The smallest absolute Gasteiger partial charge is 0.304 e. The molecule has 3 rings (SSSR count). The number of halogens is 3. The minimum Gasteiger partial charge on any atom is -0.304 e. The van der Waals surface area contributed by atoms with Gasteiger partial charge >= 0.3 is 6.18 Å². The highest BCUT2D eigenvalue weighted by Crippen LogP contribution is 2.34. The molecule has 0 saturated carbocycles. The molecule has 0 fully saturated rings. The van der Waals surface area contributed by atoms with Crippen LogP contribution >= 0.6 is 11.5 Å². The van der Waals surface area contributed by atoms with Crippen molar-refractivity contribution in [1.29, 1.82) is 0 Å². The van der Waals surface area contributed by atoms with Gasteiger partial charge in [0.1, 0.15) is 0 Å². The first-order valence-electron chi connectivity index (χ1n) is 9.70. The Balaban J connectivity index is 1.71. The van der Waals surface area contributed by atoms with Crippen LogP contribution in [0.25, 0.3) is 21.3 Å². The molecule has 0 saturated heterocycles. The summed E-state index contributed by atoms with van der Waals surface area (Å²) in [6.45, 7) is 7.52. The van der Waals surface area contributed by atoms with Gasteiger partial charge in [-0.15, -0.1) is 0 Å². The van der Waals surface area contributed by atoms with Crippen LogP contribution in [0.1, 0.15) is 37.8 Å². The van der Waals surface area contributed by atoms with Gasteiger partial charge in [0.15, 0.2) is 0 Å². The van der Waals surface area contributed by atoms with Gasteiger partial charge in [0.05, 0.1) is 16.0 Å². The van der Waals surface area contributed by atoms with Crippen LogP contribution in [0.3, 0.4) is 0 Å². The number of benzene rings is 2. The van der Waals surface area contributed by atoms with E-state index >= 15 is 0 Å². The zero-order valence-corrected chi connectivity index (χ0v) is 17.3. The van der Waals surface area contributed by atoms with Crippen LogP contribution in [0.15, 0.2) is 42.5 Å². The molecular weight excluding hydrogens is 393 g/mol. The minimum atomic E-state index is -4.33. The Morgan fingerprint density at radius 1 is 1.03 bits per heavy atom. The molecule has 1 heterocycles. The first kappa shape index (κ1) is 21.4. The number of hydrogen-bond donors (Lipinski definition) is 0. The molecule has 6 heteroatoms. The first-order chi connectivity index (χ1) is 13.9. The van der Waals surface area contributed by atoms with Crippen LogP contribution in [-0.2, 0) is 6.18 Å². The van der Waals surface area contributed by atoms with Crippen LogP contribution in [-0.4, -0.2) is 28.9 Å². The summed E-state index contributed by atoms with van der Waals surface area (Å²) in [4.78, 5) is 2.38. The third kappa shape index (κ3) is 5.37. The van der Waals surface area contributed by atoms with Crippen molar-refractivity contribution in [1.82, 2.24) is 9.27 Å². The van der Waals surface area contributed by atoms with Gasteiger partial charge in [-0.25, -0.2) is 0 Å². The van der Waals surface area contributed by atoms with Gasteiger partial charge in [0.25, 0.3) is 0 Å². The van der Waals surface area contributed by atoms with Crippen molar-refractivity contribution in [2.75, 3.05) is 19.6 Å². The Morgan fingerprint density at radius 2 is 1.76 bits per heavy atom. The summed E-state index contributed by atoms with van der Waals surface area (Å²) in [7, 11) is 0. The predicted octanol–water partition coefficient (Wildman–Crippen LogP) is 6.46. The molecule has 3 aromatic rings. The van der Waals surface area contributed by atoms with Crippen molar-refractivity contribution < 1.29 is 13.2 Å². The van der Waals surface area contributed by atoms with Crippen molar-refractivity contribution in [3.63, 3.8) is 0 Å². The third-order valence-corrected chi connectivity index (χ3v) is 5.67. The van der Waals surface area contributed by atoms with E-state index in [-0.39, 0.29) is 0 Å². The molecule has 0 aliphatic heterocycles. The van der Waals surface area contributed by atoms with E-state index in [1.807, 2.05) is 18.2 Å². The average Bonchev–Trinajstić information content (AvgIpc) is 3.13. The van der Waals surface area contributed by atoms with Crippen LogP contribution in [0.5, 0.6) is 0 Å². The van der Waals surface area contributed by atoms with E-state index in [2.05, 4.69) is 35.0 Å². The standard InChI is InChI=1S/C23H23F3N2S/c1-3-28(4-2)15-7-5-6-8-17-9-14-20-21(16-17)29-27-22(20)18-10-12-19(13-11-18)23(24,25)26/h9-14,16H,3-5,7,15H2,1-2H3. The molecule has 29 heavy (non-hydrogen) atoms. The fourth-order valence-electron chi connectivity index (χ4n) is 3.14. The molecule has 2 aromatic carbocycles. The normalized spacial score (nSPS) is 11.7. The Hall–Kier alpha value is -2.36. The van der Waals surface area contributed by atoms with E-state index in [4.69, 9.17) is 0 Å². The summed E-state index contributed by atoms with van der Waals surface area (Å²) in [5.74, 6) is 6.43. The second-order valence-electron chi connectivity index (χ2n) is 6.75. The molecule has 0 atom stereocenters. The van der Waals surface area contributed by atoms with Crippen molar-refractivity contribution in [2.24, 2.45) is 0 Å².